The van der Waals surface area contributed by atoms with Crippen LogP contribution in [0.1, 0.15) is 6.92 Å². The standard InChI is InChI=1S/C6H11NO4/c1-4(8)11-6(9)5(7)3-10-2/h5H,3,7H2,1-2H3/t5-/m0/s1. The lowest BCUT2D eigenvalue weighted by Gasteiger charge is -2.06. The fourth-order valence-electron chi connectivity index (χ4n) is 0.465. The summed E-state index contributed by atoms with van der Waals surface area (Å²) in [5.41, 5.74) is 5.22. The molecule has 1 atom stereocenters. The lowest BCUT2D eigenvalue weighted by Crippen LogP contribution is -2.37. The molecule has 0 saturated heterocycles. The minimum atomic E-state index is -0.885. The summed E-state index contributed by atoms with van der Waals surface area (Å²) in [5.74, 6) is -1.43. The number of methoxy groups -OCH3 is 1. The van der Waals surface area contributed by atoms with Gasteiger partial charge in [0.1, 0.15) is 6.04 Å². The third kappa shape index (κ3) is 4.46. The van der Waals surface area contributed by atoms with E-state index in [1.54, 1.807) is 0 Å². The second-order valence-electron chi connectivity index (χ2n) is 1.97. The fourth-order valence-corrected chi connectivity index (χ4v) is 0.465. The highest BCUT2D eigenvalue weighted by Gasteiger charge is 2.15. The molecule has 0 aliphatic heterocycles. The monoisotopic (exact) mass is 161 g/mol. The van der Waals surface area contributed by atoms with Gasteiger partial charge in [0.05, 0.1) is 6.61 Å². The maximum Gasteiger partial charge on any atom is 0.332 e. The maximum atomic E-state index is 10.7. The van der Waals surface area contributed by atoms with Crippen molar-refractivity contribution < 1.29 is 19.1 Å². The molecule has 5 nitrogen and oxygen atoms in total. The van der Waals surface area contributed by atoms with Crippen molar-refractivity contribution in [2.75, 3.05) is 13.7 Å². The van der Waals surface area contributed by atoms with Gasteiger partial charge in [0.2, 0.25) is 0 Å². The Kier molecular flexibility index (Phi) is 4.40. The van der Waals surface area contributed by atoms with Gasteiger partial charge < -0.3 is 15.2 Å². The van der Waals surface area contributed by atoms with E-state index in [-0.39, 0.29) is 6.61 Å². The molecule has 0 aliphatic rings. The smallest absolute Gasteiger partial charge is 0.332 e. The van der Waals surface area contributed by atoms with E-state index in [0.717, 1.165) is 6.92 Å². The lowest BCUT2D eigenvalue weighted by atomic mass is 10.3. The van der Waals surface area contributed by atoms with Gasteiger partial charge in [-0.25, -0.2) is 4.79 Å². The topological polar surface area (TPSA) is 78.6 Å². The van der Waals surface area contributed by atoms with Gasteiger partial charge >= 0.3 is 11.9 Å². The number of nitrogens with two attached hydrogens (primary N) is 1. The van der Waals surface area contributed by atoms with Crippen LogP contribution in [0.5, 0.6) is 0 Å². The number of ether oxygens (including phenoxy) is 2. The summed E-state index contributed by atoms with van der Waals surface area (Å²) in [6, 6.07) is -0.885. The Morgan fingerprint density at radius 1 is 1.55 bits per heavy atom. The zero-order valence-corrected chi connectivity index (χ0v) is 6.49. The highest BCUT2D eigenvalue weighted by atomic mass is 16.6. The molecule has 2 N–H and O–H groups in total. The van der Waals surface area contributed by atoms with Crippen LogP contribution in [0.4, 0.5) is 0 Å². The summed E-state index contributed by atoms with van der Waals surface area (Å²) in [6.07, 6.45) is 0. The molecule has 0 amide bonds. The number of carbonyl (C=O) groups excluding carboxylic acids is 2. The number of rotatable bonds is 3. The molecule has 5 heteroatoms. The van der Waals surface area contributed by atoms with Crippen LogP contribution < -0.4 is 5.73 Å². The number of esters is 2. The van der Waals surface area contributed by atoms with Gasteiger partial charge in [-0.2, -0.15) is 0 Å². The molecular weight excluding hydrogens is 150 g/mol. The largest absolute Gasteiger partial charge is 0.392 e. The molecule has 0 saturated carbocycles. The van der Waals surface area contributed by atoms with Crippen LogP contribution in [0.15, 0.2) is 0 Å². The van der Waals surface area contributed by atoms with Crippen molar-refractivity contribution in [3.63, 3.8) is 0 Å². The number of hydrogen-bond donors (Lipinski definition) is 1. The second-order valence-corrected chi connectivity index (χ2v) is 1.97. The third-order valence-electron chi connectivity index (χ3n) is 0.893. The quantitative estimate of drug-likeness (QED) is 0.426. The van der Waals surface area contributed by atoms with E-state index in [1.165, 1.54) is 7.11 Å². The van der Waals surface area contributed by atoms with Crippen molar-refractivity contribution >= 4 is 11.9 Å². The fraction of sp³-hybridized carbons (Fsp3) is 0.667. The SMILES string of the molecule is COC[C@H](N)C(=O)OC(C)=O. The number of hydrogen-bond acceptors (Lipinski definition) is 5. The summed E-state index contributed by atoms with van der Waals surface area (Å²) < 4.78 is 8.75. The molecule has 0 radical (unpaired) electrons. The Balaban J connectivity index is 3.73. The molecule has 0 fully saturated rings. The van der Waals surface area contributed by atoms with Crippen LogP contribution in [0.25, 0.3) is 0 Å². The molecule has 0 rings (SSSR count). The maximum absolute atomic E-state index is 10.7. The van der Waals surface area contributed by atoms with Crippen LogP contribution in [0.2, 0.25) is 0 Å². The minimum Gasteiger partial charge on any atom is -0.392 e. The van der Waals surface area contributed by atoms with Crippen LogP contribution in [-0.2, 0) is 19.1 Å². The molecule has 0 aromatic rings. The van der Waals surface area contributed by atoms with Gasteiger partial charge in [-0.05, 0) is 0 Å². The van der Waals surface area contributed by atoms with Gasteiger partial charge in [0.25, 0.3) is 0 Å². The molecule has 0 heterocycles. The molecule has 0 aliphatic carbocycles. The van der Waals surface area contributed by atoms with Crippen LogP contribution in [-0.4, -0.2) is 31.7 Å². The molecule has 0 bridgehead atoms. The van der Waals surface area contributed by atoms with Gasteiger partial charge in [0.15, 0.2) is 0 Å². The van der Waals surface area contributed by atoms with E-state index in [2.05, 4.69) is 9.47 Å². The summed E-state index contributed by atoms with van der Waals surface area (Å²) in [4.78, 5) is 20.9. The first-order valence-electron chi connectivity index (χ1n) is 3.04. The zero-order valence-electron chi connectivity index (χ0n) is 6.49. The molecular formula is C6H11NO4. The zero-order chi connectivity index (χ0) is 8.85. The van der Waals surface area contributed by atoms with Gasteiger partial charge in [0, 0.05) is 14.0 Å². The van der Waals surface area contributed by atoms with Gasteiger partial charge in [-0.3, -0.25) is 4.79 Å². The Hall–Kier alpha value is -0.940. The normalized spacial score (nSPS) is 12.3. The molecule has 64 valence electrons. The number of carbonyl (C=O) groups is 2. The minimum absolute atomic E-state index is 0.0477. The molecule has 11 heavy (non-hydrogen) atoms. The Morgan fingerprint density at radius 2 is 2.09 bits per heavy atom. The summed E-state index contributed by atoms with van der Waals surface area (Å²) in [5, 5.41) is 0. The van der Waals surface area contributed by atoms with E-state index in [4.69, 9.17) is 5.73 Å². The summed E-state index contributed by atoms with van der Waals surface area (Å²) >= 11 is 0. The van der Waals surface area contributed by atoms with E-state index in [9.17, 15) is 9.59 Å². The Bertz CT molecular complexity index is 157. The molecule has 0 aromatic carbocycles. The average molecular weight is 161 g/mol. The Morgan fingerprint density at radius 3 is 2.45 bits per heavy atom. The van der Waals surface area contributed by atoms with Gasteiger partial charge in [-0.15, -0.1) is 0 Å². The summed E-state index contributed by atoms with van der Waals surface area (Å²) in [7, 11) is 1.40. The Labute approximate surface area is 64.5 Å². The van der Waals surface area contributed by atoms with E-state index in [1.807, 2.05) is 0 Å². The van der Waals surface area contributed by atoms with Crippen LogP contribution >= 0.6 is 0 Å². The van der Waals surface area contributed by atoms with Crippen molar-refractivity contribution in [1.82, 2.24) is 0 Å². The van der Waals surface area contributed by atoms with Crippen molar-refractivity contribution in [2.45, 2.75) is 13.0 Å². The average Bonchev–Trinajstić information content (AvgIpc) is 1.86. The summed E-state index contributed by atoms with van der Waals surface area (Å²) in [6.45, 7) is 1.18. The van der Waals surface area contributed by atoms with Gasteiger partial charge in [-0.1, -0.05) is 0 Å². The first-order chi connectivity index (χ1) is 5.07. The molecule has 0 unspecified atom stereocenters. The highest BCUT2D eigenvalue weighted by Crippen LogP contribution is 1.86. The van der Waals surface area contributed by atoms with Crippen LogP contribution in [0, 0.1) is 0 Å². The van der Waals surface area contributed by atoms with Crippen molar-refractivity contribution in [3.8, 4) is 0 Å². The van der Waals surface area contributed by atoms with Crippen molar-refractivity contribution in [3.05, 3.63) is 0 Å². The van der Waals surface area contributed by atoms with Crippen molar-refractivity contribution in [2.24, 2.45) is 5.73 Å². The predicted octanol–water partition coefficient (Wildman–Crippen LogP) is -0.950. The first kappa shape index (κ1) is 10.1. The van der Waals surface area contributed by atoms with Crippen molar-refractivity contribution in [1.29, 1.82) is 0 Å². The first-order valence-corrected chi connectivity index (χ1v) is 3.04. The molecule has 0 aromatic heterocycles. The van der Waals surface area contributed by atoms with E-state index >= 15 is 0 Å². The van der Waals surface area contributed by atoms with E-state index in [0.29, 0.717) is 0 Å². The highest BCUT2D eigenvalue weighted by molar-refractivity contribution is 5.87. The second kappa shape index (κ2) is 4.81. The van der Waals surface area contributed by atoms with E-state index < -0.39 is 18.0 Å². The van der Waals surface area contributed by atoms with Crippen LogP contribution in [0.3, 0.4) is 0 Å². The third-order valence-corrected chi connectivity index (χ3v) is 0.893. The predicted molar refractivity (Wildman–Crippen MR) is 36.6 cm³/mol. The lowest BCUT2D eigenvalue weighted by molar-refractivity contribution is -0.159. The molecule has 0 spiro atoms.